The molecule has 0 aliphatic heterocycles. The summed E-state index contributed by atoms with van der Waals surface area (Å²) in [4.78, 5) is 0. The van der Waals surface area contributed by atoms with Gasteiger partial charge in [0.1, 0.15) is 0 Å². The van der Waals surface area contributed by atoms with Crippen molar-refractivity contribution in [2.75, 3.05) is 12.3 Å². The lowest BCUT2D eigenvalue weighted by atomic mass is 10.1. The number of nitrogen functional groups attached to an aromatic ring is 1. The van der Waals surface area contributed by atoms with Gasteiger partial charge in [-0.25, -0.2) is 0 Å². The largest absolute Gasteiger partial charge is 0.399 e. The van der Waals surface area contributed by atoms with Gasteiger partial charge in [0.2, 0.25) is 0 Å². The first kappa shape index (κ1) is 17.2. The van der Waals surface area contributed by atoms with Crippen LogP contribution in [0, 0.1) is 0 Å². The molecule has 0 aromatic heterocycles. The molecule has 3 N–H and O–H groups in total. The van der Waals surface area contributed by atoms with Crippen LogP contribution in [-0.2, 0) is 0 Å². The van der Waals surface area contributed by atoms with Crippen molar-refractivity contribution in [2.45, 2.75) is 27.2 Å². The zero-order valence-corrected chi connectivity index (χ0v) is 12.1. The van der Waals surface area contributed by atoms with Crippen molar-refractivity contribution in [3.8, 4) is 0 Å². The lowest BCUT2D eigenvalue weighted by Gasteiger charge is -1.96. The van der Waals surface area contributed by atoms with E-state index in [0.29, 0.717) is 0 Å². The lowest BCUT2D eigenvalue weighted by Crippen LogP contribution is -1.82. The molecular formula is C17H25NO. The van der Waals surface area contributed by atoms with Crippen LogP contribution in [0.1, 0.15) is 32.8 Å². The van der Waals surface area contributed by atoms with Crippen molar-refractivity contribution in [2.24, 2.45) is 0 Å². The van der Waals surface area contributed by atoms with Crippen LogP contribution < -0.4 is 5.73 Å². The van der Waals surface area contributed by atoms with Gasteiger partial charge in [0, 0.05) is 5.69 Å². The van der Waals surface area contributed by atoms with Gasteiger partial charge in [-0.3, -0.25) is 0 Å². The van der Waals surface area contributed by atoms with Gasteiger partial charge in [0.25, 0.3) is 0 Å². The number of allylic oxidation sites excluding steroid dienone is 4. The predicted molar refractivity (Wildman–Crippen MR) is 85.8 cm³/mol. The molecule has 0 fully saturated rings. The molecule has 0 heterocycles. The summed E-state index contributed by atoms with van der Waals surface area (Å²) in [5.74, 6) is 0. The maximum absolute atomic E-state index is 8.75. The molecule has 0 aliphatic rings. The van der Waals surface area contributed by atoms with Gasteiger partial charge in [-0.05, 0) is 29.7 Å². The zero-order valence-electron chi connectivity index (χ0n) is 12.1. The molecule has 0 saturated carbocycles. The standard InChI is InChI=1S/C15H19NO.C2H6/c1-2-4-13(5-3-12-17)6-7-14-8-10-15(16)11-9-14;1-2/h3-11,17H,2,12,16H2,1H3;1-2H3/b5-3-,7-6+,13-4+;. The molecule has 0 spiro atoms. The van der Waals surface area contributed by atoms with E-state index in [9.17, 15) is 0 Å². The Hall–Kier alpha value is -1.80. The summed E-state index contributed by atoms with van der Waals surface area (Å²) >= 11 is 0. The number of aliphatic hydroxyl groups excluding tert-OH is 1. The van der Waals surface area contributed by atoms with Crippen LogP contribution in [0.2, 0.25) is 0 Å². The van der Waals surface area contributed by atoms with Crippen molar-refractivity contribution in [1.82, 2.24) is 0 Å². The van der Waals surface area contributed by atoms with E-state index in [-0.39, 0.29) is 6.61 Å². The highest BCUT2D eigenvalue weighted by Crippen LogP contribution is 2.10. The number of anilines is 1. The van der Waals surface area contributed by atoms with Gasteiger partial charge in [-0.2, -0.15) is 0 Å². The van der Waals surface area contributed by atoms with Gasteiger partial charge >= 0.3 is 0 Å². The van der Waals surface area contributed by atoms with Crippen molar-refractivity contribution in [3.63, 3.8) is 0 Å². The number of hydrogen-bond acceptors (Lipinski definition) is 2. The number of hydrogen-bond donors (Lipinski definition) is 2. The smallest absolute Gasteiger partial charge is 0.0615 e. The van der Waals surface area contributed by atoms with Gasteiger partial charge in [-0.15, -0.1) is 0 Å². The lowest BCUT2D eigenvalue weighted by molar-refractivity contribution is 0.342. The van der Waals surface area contributed by atoms with Gasteiger partial charge in [-0.1, -0.05) is 63.3 Å². The second-order valence-electron chi connectivity index (χ2n) is 3.70. The fraction of sp³-hybridized carbons (Fsp3) is 0.294. The summed E-state index contributed by atoms with van der Waals surface area (Å²) < 4.78 is 0. The minimum absolute atomic E-state index is 0.0662. The molecule has 2 heteroatoms. The Labute approximate surface area is 117 Å². The second kappa shape index (κ2) is 11.3. The first-order valence-corrected chi connectivity index (χ1v) is 6.77. The van der Waals surface area contributed by atoms with Crippen molar-refractivity contribution in [3.05, 3.63) is 59.7 Å². The number of aliphatic hydroxyl groups is 1. The van der Waals surface area contributed by atoms with Crippen LogP contribution in [0.3, 0.4) is 0 Å². The minimum atomic E-state index is 0.0662. The average Bonchev–Trinajstić information content (AvgIpc) is 2.46. The fourth-order valence-electron chi connectivity index (χ4n) is 1.42. The summed E-state index contributed by atoms with van der Waals surface area (Å²) in [7, 11) is 0. The van der Waals surface area contributed by atoms with Gasteiger partial charge in [0.05, 0.1) is 6.61 Å². The number of rotatable bonds is 5. The molecule has 1 aromatic rings. The van der Waals surface area contributed by atoms with E-state index in [1.807, 2.05) is 56.3 Å². The normalized spacial score (nSPS) is 11.7. The Kier molecular flexibility index (Phi) is 10.2. The van der Waals surface area contributed by atoms with Crippen LogP contribution in [-0.4, -0.2) is 11.7 Å². The Morgan fingerprint density at radius 3 is 2.32 bits per heavy atom. The highest BCUT2D eigenvalue weighted by atomic mass is 16.2. The van der Waals surface area contributed by atoms with Gasteiger partial charge < -0.3 is 10.8 Å². The maximum Gasteiger partial charge on any atom is 0.0615 e. The van der Waals surface area contributed by atoms with E-state index in [1.54, 1.807) is 6.08 Å². The fourth-order valence-corrected chi connectivity index (χ4v) is 1.42. The van der Waals surface area contributed by atoms with E-state index in [0.717, 1.165) is 23.2 Å². The third-order valence-electron chi connectivity index (χ3n) is 2.26. The number of benzene rings is 1. The molecule has 19 heavy (non-hydrogen) atoms. The molecular weight excluding hydrogens is 234 g/mol. The SMILES string of the molecule is CC.CC/C=C(\C=C/CO)/C=C/c1ccc(N)cc1. The zero-order chi connectivity index (χ0) is 14.5. The molecule has 0 amide bonds. The molecule has 1 rings (SSSR count). The highest BCUT2D eigenvalue weighted by molar-refractivity contribution is 5.57. The quantitative estimate of drug-likeness (QED) is 0.615. The molecule has 0 aliphatic carbocycles. The van der Waals surface area contributed by atoms with E-state index >= 15 is 0 Å². The average molecular weight is 259 g/mol. The minimum Gasteiger partial charge on any atom is -0.399 e. The van der Waals surface area contributed by atoms with Crippen molar-refractivity contribution < 1.29 is 5.11 Å². The molecule has 0 saturated heterocycles. The number of nitrogens with two attached hydrogens (primary N) is 1. The van der Waals surface area contributed by atoms with Crippen LogP contribution in [0.15, 0.2) is 54.1 Å². The summed E-state index contributed by atoms with van der Waals surface area (Å²) in [6.45, 7) is 6.15. The highest BCUT2D eigenvalue weighted by Gasteiger charge is 1.88. The monoisotopic (exact) mass is 259 g/mol. The topological polar surface area (TPSA) is 46.2 Å². The van der Waals surface area contributed by atoms with E-state index < -0.39 is 0 Å². The van der Waals surface area contributed by atoms with Crippen LogP contribution in [0.25, 0.3) is 6.08 Å². The molecule has 0 bridgehead atoms. The van der Waals surface area contributed by atoms with Crippen LogP contribution in [0.4, 0.5) is 5.69 Å². The molecule has 2 nitrogen and oxygen atoms in total. The summed E-state index contributed by atoms with van der Waals surface area (Å²) in [5.41, 5.74) is 8.60. The van der Waals surface area contributed by atoms with E-state index in [4.69, 9.17) is 10.8 Å². The predicted octanol–water partition coefficient (Wildman–Crippen LogP) is 4.19. The first-order valence-electron chi connectivity index (χ1n) is 6.77. The van der Waals surface area contributed by atoms with Gasteiger partial charge in [0.15, 0.2) is 0 Å². The molecule has 1 aromatic carbocycles. The Bertz CT molecular complexity index is 413. The third kappa shape index (κ3) is 8.01. The summed E-state index contributed by atoms with van der Waals surface area (Å²) in [6, 6.07) is 7.72. The summed E-state index contributed by atoms with van der Waals surface area (Å²) in [5, 5.41) is 8.75. The Morgan fingerprint density at radius 1 is 1.16 bits per heavy atom. The molecule has 0 unspecified atom stereocenters. The first-order chi connectivity index (χ1) is 9.26. The summed E-state index contributed by atoms with van der Waals surface area (Å²) in [6.07, 6.45) is 10.8. The van der Waals surface area contributed by atoms with E-state index in [1.165, 1.54) is 0 Å². The van der Waals surface area contributed by atoms with Crippen molar-refractivity contribution >= 4 is 11.8 Å². The Balaban J connectivity index is 0.00000154. The molecule has 0 atom stereocenters. The second-order valence-corrected chi connectivity index (χ2v) is 3.70. The molecule has 104 valence electrons. The third-order valence-corrected chi connectivity index (χ3v) is 2.26. The van der Waals surface area contributed by atoms with Crippen molar-refractivity contribution in [1.29, 1.82) is 0 Å². The van der Waals surface area contributed by atoms with E-state index in [2.05, 4.69) is 13.0 Å². The van der Waals surface area contributed by atoms with Crippen LogP contribution in [0.5, 0.6) is 0 Å². The molecule has 0 radical (unpaired) electrons. The Morgan fingerprint density at radius 2 is 1.79 bits per heavy atom. The maximum atomic E-state index is 8.75. The van der Waals surface area contributed by atoms with Crippen LogP contribution >= 0.6 is 0 Å².